The lowest BCUT2D eigenvalue weighted by atomic mass is 10.1. The molecule has 0 heterocycles. The fraction of sp³-hybridized carbons (Fsp3) is 0.188. The molecule has 3 N–H and O–H groups in total. The van der Waals surface area contributed by atoms with E-state index in [4.69, 9.17) is 27.2 Å². The minimum absolute atomic E-state index is 0.230. The number of ether oxygens (including phenoxy) is 1. The van der Waals surface area contributed by atoms with E-state index in [0.717, 1.165) is 11.1 Å². The van der Waals surface area contributed by atoms with Crippen molar-refractivity contribution in [2.45, 2.75) is 19.1 Å². The summed E-state index contributed by atoms with van der Waals surface area (Å²) in [4.78, 5) is 10.7. The summed E-state index contributed by atoms with van der Waals surface area (Å²) >= 11 is 6.15. The van der Waals surface area contributed by atoms with E-state index in [1.54, 1.807) is 18.2 Å². The zero-order chi connectivity index (χ0) is 15.2. The number of halogens is 1. The average Bonchev–Trinajstić information content (AvgIpc) is 2.47. The number of aliphatic carboxylic acids is 1. The summed E-state index contributed by atoms with van der Waals surface area (Å²) < 4.78 is 5.65. The molecule has 0 amide bonds. The molecule has 0 bridgehead atoms. The van der Waals surface area contributed by atoms with Crippen LogP contribution in [0.15, 0.2) is 48.5 Å². The Labute approximate surface area is 128 Å². The van der Waals surface area contributed by atoms with Gasteiger partial charge in [0.05, 0.1) is 5.02 Å². The zero-order valence-electron chi connectivity index (χ0n) is 11.3. The first-order chi connectivity index (χ1) is 10.1. The van der Waals surface area contributed by atoms with Crippen LogP contribution in [0.5, 0.6) is 5.75 Å². The Morgan fingerprint density at radius 2 is 1.90 bits per heavy atom. The van der Waals surface area contributed by atoms with E-state index in [0.29, 0.717) is 17.4 Å². The van der Waals surface area contributed by atoms with Crippen LogP contribution in [-0.2, 0) is 17.8 Å². The predicted molar refractivity (Wildman–Crippen MR) is 81.5 cm³/mol. The van der Waals surface area contributed by atoms with Crippen LogP contribution in [0.25, 0.3) is 0 Å². The average molecular weight is 306 g/mol. The first-order valence-corrected chi connectivity index (χ1v) is 6.87. The molecule has 0 spiro atoms. The Kier molecular flexibility index (Phi) is 5.20. The zero-order valence-corrected chi connectivity index (χ0v) is 12.1. The molecule has 1 unspecified atom stereocenters. The summed E-state index contributed by atoms with van der Waals surface area (Å²) in [6.07, 6.45) is 0.230. The van der Waals surface area contributed by atoms with E-state index < -0.39 is 12.0 Å². The molecule has 4 nitrogen and oxygen atoms in total. The Morgan fingerprint density at radius 1 is 1.19 bits per heavy atom. The molecule has 0 saturated carbocycles. The SMILES string of the molecule is NC(Cc1ccc(OCc2ccccc2)c(Cl)c1)C(=O)O. The second-order valence-corrected chi connectivity index (χ2v) is 5.10. The van der Waals surface area contributed by atoms with Gasteiger partial charge in [-0.1, -0.05) is 48.0 Å². The van der Waals surface area contributed by atoms with E-state index in [1.807, 2.05) is 30.3 Å². The van der Waals surface area contributed by atoms with Crippen LogP contribution >= 0.6 is 11.6 Å². The number of hydrogen-bond acceptors (Lipinski definition) is 3. The molecular formula is C16H16ClNO3. The predicted octanol–water partition coefficient (Wildman–Crippen LogP) is 2.87. The van der Waals surface area contributed by atoms with Gasteiger partial charge in [0, 0.05) is 0 Å². The number of carbonyl (C=O) groups is 1. The highest BCUT2D eigenvalue weighted by molar-refractivity contribution is 6.32. The third-order valence-corrected chi connectivity index (χ3v) is 3.30. The lowest BCUT2D eigenvalue weighted by molar-refractivity contribution is -0.138. The summed E-state index contributed by atoms with van der Waals surface area (Å²) in [5, 5.41) is 9.24. The van der Waals surface area contributed by atoms with Crippen molar-refractivity contribution in [2.24, 2.45) is 5.73 Å². The third kappa shape index (κ3) is 4.48. The van der Waals surface area contributed by atoms with E-state index in [2.05, 4.69) is 0 Å². The summed E-state index contributed by atoms with van der Waals surface area (Å²) in [6.45, 7) is 0.425. The molecule has 0 fully saturated rings. The maximum atomic E-state index is 10.7. The Hall–Kier alpha value is -2.04. The number of benzene rings is 2. The molecule has 0 aliphatic rings. The highest BCUT2D eigenvalue weighted by Crippen LogP contribution is 2.26. The van der Waals surface area contributed by atoms with E-state index in [1.165, 1.54) is 0 Å². The van der Waals surface area contributed by atoms with Crippen LogP contribution < -0.4 is 10.5 Å². The molecule has 0 radical (unpaired) electrons. The molecule has 5 heteroatoms. The molecule has 0 aliphatic heterocycles. The maximum absolute atomic E-state index is 10.7. The van der Waals surface area contributed by atoms with Gasteiger partial charge in [0.25, 0.3) is 0 Å². The quantitative estimate of drug-likeness (QED) is 0.860. The lowest BCUT2D eigenvalue weighted by Gasteiger charge is -2.11. The largest absolute Gasteiger partial charge is 0.487 e. The van der Waals surface area contributed by atoms with Gasteiger partial charge >= 0.3 is 5.97 Å². The molecule has 2 rings (SSSR count). The first kappa shape index (κ1) is 15.4. The standard InChI is InChI=1S/C16H16ClNO3/c17-13-8-12(9-14(18)16(19)20)6-7-15(13)21-10-11-4-2-1-3-5-11/h1-8,14H,9-10,18H2,(H,19,20). The van der Waals surface area contributed by atoms with Gasteiger partial charge in [-0.3, -0.25) is 4.79 Å². The number of carboxylic acids is 1. The van der Waals surface area contributed by atoms with Gasteiger partial charge in [0.1, 0.15) is 18.4 Å². The van der Waals surface area contributed by atoms with Gasteiger partial charge in [0.15, 0.2) is 0 Å². The van der Waals surface area contributed by atoms with Gasteiger partial charge < -0.3 is 15.6 Å². The molecule has 21 heavy (non-hydrogen) atoms. The number of carboxylic acid groups (broad SMARTS) is 1. The third-order valence-electron chi connectivity index (χ3n) is 3.01. The Bertz CT molecular complexity index is 616. The van der Waals surface area contributed by atoms with E-state index in [9.17, 15) is 4.79 Å². The van der Waals surface area contributed by atoms with Gasteiger partial charge in [-0.15, -0.1) is 0 Å². The van der Waals surface area contributed by atoms with E-state index >= 15 is 0 Å². The van der Waals surface area contributed by atoms with Gasteiger partial charge in [-0.2, -0.15) is 0 Å². The number of rotatable bonds is 6. The van der Waals surface area contributed by atoms with Crippen LogP contribution in [0.2, 0.25) is 5.02 Å². The highest BCUT2D eigenvalue weighted by atomic mass is 35.5. The fourth-order valence-electron chi connectivity index (χ4n) is 1.86. The smallest absolute Gasteiger partial charge is 0.320 e. The highest BCUT2D eigenvalue weighted by Gasteiger charge is 2.13. The van der Waals surface area contributed by atoms with Crippen LogP contribution in [0.3, 0.4) is 0 Å². The van der Waals surface area contributed by atoms with Crippen molar-refractivity contribution in [2.75, 3.05) is 0 Å². The van der Waals surface area contributed by atoms with Crippen molar-refractivity contribution in [3.8, 4) is 5.75 Å². The summed E-state index contributed by atoms with van der Waals surface area (Å²) in [7, 11) is 0. The minimum Gasteiger partial charge on any atom is -0.487 e. The number of hydrogen-bond donors (Lipinski definition) is 2. The second-order valence-electron chi connectivity index (χ2n) is 4.69. The van der Waals surface area contributed by atoms with Crippen molar-refractivity contribution in [1.29, 1.82) is 0 Å². The van der Waals surface area contributed by atoms with Crippen LogP contribution in [-0.4, -0.2) is 17.1 Å². The monoisotopic (exact) mass is 305 g/mol. The van der Waals surface area contributed by atoms with Crippen molar-refractivity contribution in [3.63, 3.8) is 0 Å². The van der Waals surface area contributed by atoms with Gasteiger partial charge in [-0.05, 0) is 29.7 Å². The number of nitrogens with two attached hydrogens (primary N) is 1. The Morgan fingerprint density at radius 3 is 2.52 bits per heavy atom. The molecule has 1 atom stereocenters. The van der Waals surface area contributed by atoms with Gasteiger partial charge in [-0.25, -0.2) is 0 Å². The van der Waals surface area contributed by atoms with Gasteiger partial charge in [0.2, 0.25) is 0 Å². The topological polar surface area (TPSA) is 72.5 Å². The molecule has 0 saturated heterocycles. The fourth-order valence-corrected chi connectivity index (χ4v) is 2.12. The second kappa shape index (κ2) is 7.11. The van der Waals surface area contributed by atoms with Crippen molar-refractivity contribution in [3.05, 3.63) is 64.7 Å². The Balaban J connectivity index is 2.00. The van der Waals surface area contributed by atoms with Crippen molar-refractivity contribution in [1.82, 2.24) is 0 Å². The molecule has 110 valence electrons. The minimum atomic E-state index is -1.03. The van der Waals surface area contributed by atoms with E-state index in [-0.39, 0.29) is 6.42 Å². The first-order valence-electron chi connectivity index (χ1n) is 6.50. The molecular weight excluding hydrogens is 290 g/mol. The van der Waals surface area contributed by atoms with Crippen LogP contribution in [0.1, 0.15) is 11.1 Å². The molecule has 0 aliphatic carbocycles. The molecule has 2 aromatic carbocycles. The summed E-state index contributed by atoms with van der Waals surface area (Å²) in [5.74, 6) is -0.469. The lowest BCUT2D eigenvalue weighted by Crippen LogP contribution is -2.32. The molecule has 0 aromatic heterocycles. The van der Waals surface area contributed by atoms with Crippen molar-refractivity contribution >= 4 is 17.6 Å². The summed E-state index contributed by atoms with van der Waals surface area (Å²) in [6, 6.07) is 14.0. The summed E-state index contributed by atoms with van der Waals surface area (Å²) in [5.41, 5.74) is 7.31. The van der Waals surface area contributed by atoms with Crippen molar-refractivity contribution < 1.29 is 14.6 Å². The molecule has 2 aromatic rings. The maximum Gasteiger partial charge on any atom is 0.320 e. The normalized spacial score (nSPS) is 11.9. The van der Waals surface area contributed by atoms with Crippen LogP contribution in [0, 0.1) is 0 Å². The van der Waals surface area contributed by atoms with Crippen LogP contribution in [0.4, 0.5) is 0 Å².